The highest BCUT2D eigenvalue weighted by Crippen LogP contribution is 2.24. The lowest BCUT2D eigenvalue weighted by molar-refractivity contribution is -0.146. The molecule has 150 valence electrons. The highest BCUT2D eigenvalue weighted by Gasteiger charge is 2.43. The number of nitrogens with one attached hydrogen (secondary N) is 2. The first-order chi connectivity index (χ1) is 12.1. The molecule has 1 amide bonds. The Hall–Kier alpha value is -1.68. The Morgan fingerprint density at radius 2 is 1.92 bits per heavy atom. The summed E-state index contributed by atoms with van der Waals surface area (Å²) in [6, 6.07) is -1.49. The van der Waals surface area contributed by atoms with Gasteiger partial charge in [-0.05, 0) is 18.9 Å². The van der Waals surface area contributed by atoms with E-state index in [0.717, 1.165) is 6.42 Å². The van der Waals surface area contributed by atoms with E-state index in [2.05, 4.69) is 10.6 Å². The van der Waals surface area contributed by atoms with Crippen LogP contribution in [0.3, 0.4) is 0 Å². The lowest BCUT2D eigenvalue weighted by Crippen LogP contribution is -2.64. The van der Waals surface area contributed by atoms with Gasteiger partial charge >= 0.3 is 5.97 Å². The fraction of sp³-hybridized carbons (Fsp3) is 0.765. The largest absolute Gasteiger partial charge is 0.478 e. The molecular formula is C17H30N2O7. The van der Waals surface area contributed by atoms with Gasteiger partial charge in [-0.3, -0.25) is 4.79 Å². The van der Waals surface area contributed by atoms with Gasteiger partial charge in [-0.25, -0.2) is 4.79 Å². The summed E-state index contributed by atoms with van der Waals surface area (Å²) in [7, 11) is 0. The van der Waals surface area contributed by atoms with Crippen molar-refractivity contribution in [3.8, 4) is 0 Å². The first kappa shape index (κ1) is 22.4. The Bertz CT molecular complexity index is 525. The summed E-state index contributed by atoms with van der Waals surface area (Å²) in [6.45, 7) is 6.56. The smallest absolute Gasteiger partial charge is 0.370 e. The molecule has 0 radical (unpaired) electrons. The maximum atomic E-state index is 11.6. The van der Waals surface area contributed by atoms with Crippen molar-refractivity contribution in [2.75, 3.05) is 6.61 Å². The Kier molecular flexibility index (Phi) is 8.48. The molecule has 26 heavy (non-hydrogen) atoms. The van der Waals surface area contributed by atoms with Crippen LogP contribution in [0.2, 0.25) is 0 Å². The molecule has 6 N–H and O–H groups in total. The maximum absolute atomic E-state index is 11.6. The van der Waals surface area contributed by atoms with Crippen molar-refractivity contribution >= 4 is 11.9 Å². The number of carboxylic acid groups (broad SMARTS) is 1. The van der Waals surface area contributed by atoms with Crippen LogP contribution in [0.1, 0.15) is 34.1 Å². The van der Waals surface area contributed by atoms with Crippen LogP contribution in [-0.2, 0) is 14.3 Å². The van der Waals surface area contributed by atoms with E-state index in [1.165, 1.54) is 13.0 Å². The molecule has 1 rings (SSSR count). The summed E-state index contributed by atoms with van der Waals surface area (Å²) in [5.41, 5.74) is 0. The number of amides is 1. The van der Waals surface area contributed by atoms with Crippen LogP contribution in [0, 0.1) is 5.92 Å². The summed E-state index contributed by atoms with van der Waals surface area (Å²) in [4.78, 5) is 23.0. The summed E-state index contributed by atoms with van der Waals surface area (Å²) < 4.78 is 5.33. The number of carboxylic acids is 1. The second-order valence-corrected chi connectivity index (χ2v) is 6.75. The molecule has 0 aromatic heterocycles. The molecule has 7 atom stereocenters. The normalized spacial score (nSPS) is 27.5. The Morgan fingerprint density at radius 3 is 2.38 bits per heavy atom. The highest BCUT2D eigenvalue weighted by atomic mass is 16.5. The van der Waals surface area contributed by atoms with E-state index in [0.29, 0.717) is 0 Å². The van der Waals surface area contributed by atoms with Gasteiger partial charge in [-0.2, -0.15) is 0 Å². The van der Waals surface area contributed by atoms with E-state index in [4.69, 9.17) is 9.84 Å². The van der Waals surface area contributed by atoms with Crippen molar-refractivity contribution < 1.29 is 34.8 Å². The minimum absolute atomic E-state index is 0.00814. The number of hydrogen-bond donors (Lipinski definition) is 6. The van der Waals surface area contributed by atoms with Gasteiger partial charge in [0.25, 0.3) is 0 Å². The minimum Gasteiger partial charge on any atom is -0.478 e. The highest BCUT2D eigenvalue weighted by molar-refractivity contribution is 5.84. The van der Waals surface area contributed by atoms with Crippen molar-refractivity contribution in [2.24, 2.45) is 5.92 Å². The van der Waals surface area contributed by atoms with E-state index < -0.39 is 54.6 Å². The van der Waals surface area contributed by atoms with Crippen LogP contribution in [0.4, 0.5) is 0 Å². The van der Waals surface area contributed by atoms with E-state index in [9.17, 15) is 24.9 Å². The van der Waals surface area contributed by atoms with E-state index in [1.54, 1.807) is 0 Å². The molecule has 0 aromatic rings. The summed E-state index contributed by atoms with van der Waals surface area (Å²) in [6.07, 6.45) is -2.15. The molecular weight excluding hydrogens is 344 g/mol. The Labute approximate surface area is 153 Å². The molecule has 9 heteroatoms. The lowest BCUT2D eigenvalue weighted by Gasteiger charge is -2.41. The SMILES string of the molecule is CCC(C)C(C)N[C@H]1C=C(C(=O)O)O[C@@H]([C@H](O)C(O)CO)[C@@H]1NC(C)=O. The molecule has 3 unspecified atom stereocenters. The Morgan fingerprint density at radius 1 is 1.31 bits per heavy atom. The predicted octanol–water partition coefficient (Wildman–Crippen LogP) is -1.03. The molecule has 0 aliphatic carbocycles. The van der Waals surface area contributed by atoms with Gasteiger partial charge in [0.2, 0.25) is 11.7 Å². The van der Waals surface area contributed by atoms with E-state index in [1.807, 2.05) is 20.8 Å². The molecule has 1 aliphatic heterocycles. The quantitative estimate of drug-likeness (QED) is 0.300. The standard InChI is InChI=1S/C17H30N2O7/c1-5-8(2)9(3)18-11-6-13(17(24)25)26-16(14(11)19-10(4)21)15(23)12(22)7-20/h6,8-9,11-12,14-16,18,20,22-23H,5,7H2,1-4H3,(H,19,21)(H,24,25)/t8?,9?,11-,12?,14+,15+,16+/m0/s1. The van der Waals surface area contributed by atoms with Gasteiger partial charge < -0.3 is 35.8 Å². The fourth-order valence-electron chi connectivity index (χ4n) is 2.84. The first-order valence-electron chi connectivity index (χ1n) is 8.74. The zero-order chi connectivity index (χ0) is 20.0. The number of aliphatic hydroxyl groups is 3. The third kappa shape index (κ3) is 5.66. The molecule has 0 saturated heterocycles. The fourth-order valence-corrected chi connectivity index (χ4v) is 2.84. The summed E-state index contributed by atoms with van der Waals surface area (Å²) in [5.74, 6) is -1.84. The summed E-state index contributed by atoms with van der Waals surface area (Å²) in [5, 5.41) is 44.4. The number of carbonyl (C=O) groups is 2. The third-order valence-electron chi connectivity index (χ3n) is 4.79. The molecule has 9 nitrogen and oxygen atoms in total. The van der Waals surface area contributed by atoms with E-state index in [-0.39, 0.29) is 12.0 Å². The summed E-state index contributed by atoms with van der Waals surface area (Å²) >= 11 is 0. The minimum atomic E-state index is -1.59. The van der Waals surface area contributed by atoms with Crippen molar-refractivity contribution in [3.63, 3.8) is 0 Å². The number of aliphatic hydroxyl groups excluding tert-OH is 3. The first-order valence-corrected chi connectivity index (χ1v) is 8.74. The van der Waals surface area contributed by atoms with Crippen LogP contribution >= 0.6 is 0 Å². The average molecular weight is 374 g/mol. The van der Waals surface area contributed by atoms with Crippen LogP contribution in [0.5, 0.6) is 0 Å². The van der Waals surface area contributed by atoms with Gasteiger partial charge in [-0.1, -0.05) is 20.3 Å². The van der Waals surface area contributed by atoms with Crippen molar-refractivity contribution in [2.45, 2.75) is 70.6 Å². The topological polar surface area (TPSA) is 148 Å². The molecule has 0 aromatic carbocycles. The number of rotatable bonds is 9. The molecule has 0 saturated carbocycles. The van der Waals surface area contributed by atoms with Gasteiger partial charge in [0.1, 0.15) is 18.3 Å². The maximum Gasteiger partial charge on any atom is 0.370 e. The Balaban J connectivity index is 3.22. The monoisotopic (exact) mass is 374 g/mol. The van der Waals surface area contributed by atoms with Crippen LogP contribution in [0.25, 0.3) is 0 Å². The van der Waals surface area contributed by atoms with Gasteiger partial charge in [0.15, 0.2) is 0 Å². The average Bonchev–Trinajstić information content (AvgIpc) is 2.59. The molecule has 0 bridgehead atoms. The van der Waals surface area contributed by atoms with Crippen LogP contribution < -0.4 is 10.6 Å². The molecule has 0 fully saturated rings. The second kappa shape index (κ2) is 9.86. The number of carbonyl (C=O) groups excluding carboxylic acids is 1. The number of aliphatic carboxylic acids is 1. The second-order valence-electron chi connectivity index (χ2n) is 6.75. The van der Waals surface area contributed by atoms with Crippen LogP contribution in [0.15, 0.2) is 11.8 Å². The molecule has 1 heterocycles. The predicted molar refractivity (Wildman–Crippen MR) is 93.1 cm³/mol. The van der Waals surface area contributed by atoms with Crippen molar-refractivity contribution in [3.05, 3.63) is 11.8 Å². The van der Waals surface area contributed by atoms with Crippen molar-refractivity contribution in [1.82, 2.24) is 10.6 Å². The lowest BCUT2D eigenvalue weighted by atomic mass is 9.90. The van der Waals surface area contributed by atoms with E-state index >= 15 is 0 Å². The van der Waals surface area contributed by atoms with Crippen molar-refractivity contribution in [1.29, 1.82) is 0 Å². The van der Waals surface area contributed by atoms with Gasteiger partial charge in [0, 0.05) is 13.0 Å². The van der Waals surface area contributed by atoms with Gasteiger partial charge in [0.05, 0.1) is 18.7 Å². The number of ether oxygens (including phenoxy) is 1. The number of hydrogen-bond acceptors (Lipinski definition) is 7. The zero-order valence-corrected chi connectivity index (χ0v) is 15.5. The van der Waals surface area contributed by atoms with Crippen LogP contribution in [-0.4, -0.2) is 75.3 Å². The molecule has 0 spiro atoms. The van der Waals surface area contributed by atoms with Gasteiger partial charge in [-0.15, -0.1) is 0 Å². The third-order valence-corrected chi connectivity index (χ3v) is 4.79. The zero-order valence-electron chi connectivity index (χ0n) is 15.5. The molecule has 1 aliphatic rings.